The number of nitrogens with zero attached hydrogens (tertiary/aromatic N) is 4. The van der Waals surface area contributed by atoms with Crippen LogP contribution in [0, 0.1) is 25.2 Å². The van der Waals surface area contributed by atoms with Gasteiger partial charge in [0, 0.05) is 23.1 Å². The molecule has 29 heavy (non-hydrogen) atoms. The van der Waals surface area contributed by atoms with Gasteiger partial charge in [-0.3, -0.25) is 14.6 Å². The fourth-order valence-corrected chi connectivity index (χ4v) is 3.49. The zero-order valence-corrected chi connectivity index (χ0v) is 16.9. The Morgan fingerprint density at radius 1 is 1.21 bits per heavy atom. The number of aryl methyl sites for hydroxylation is 3. The SMILES string of the molecule is Cc1ncc(CCC(=O)c2cnc(CNC(=O)c3cccc(C#N)c3)c(C)n2)s1. The first-order valence-corrected chi connectivity index (χ1v) is 9.83. The number of nitrogens with one attached hydrogen (secondary N) is 1. The smallest absolute Gasteiger partial charge is 0.251 e. The maximum atomic E-state index is 12.4. The lowest BCUT2D eigenvalue weighted by Crippen LogP contribution is -2.24. The number of hydrogen-bond acceptors (Lipinski definition) is 7. The van der Waals surface area contributed by atoms with Gasteiger partial charge in [0.05, 0.1) is 40.8 Å². The summed E-state index contributed by atoms with van der Waals surface area (Å²) < 4.78 is 0. The molecule has 0 radical (unpaired) electrons. The van der Waals surface area contributed by atoms with E-state index < -0.39 is 0 Å². The molecule has 7 nitrogen and oxygen atoms in total. The van der Waals surface area contributed by atoms with Gasteiger partial charge in [-0.05, 0) is 38.5 Å². The molecular weight excluding hydrogens is 386 g/mol. The molecule has 8 heteroatoms. The zero-order valence-electron chi connectivity index (χ0n) is 16.1. The molecule has 0 aliphatic heterocycles. The number of hydrogen-bond donors (Lipinski definition) is 1. The molecule has 0 aliphatic carbocycles. The van der Waals surface area contributed by atoms with E-state index in [0.717, 1.165) is 9.88 Å². The summed E-state index contributed by atoms with van der Waals surface area (Å²) in [5, 5.41) is 12.7. The average molecular weight is 405 g/mol. The standard InChI is InChI=1S/C21H19N5O2S/c1-13-18(11-25-21(28)16-5-3-4-15(8-16)9-22)24-12-19(26-13)20(27)7-6-17-10-23-14(2)29-17/h3-5,8,10,12H,6-7,11H2,1-2H3,(H,25,28). The monoisotopic (exact) mass is 405 g/mol. The van der Waals surface area contributed by atoms with Gasteiger partial charge in [0.15, 0.2) is 5.78 Å². The highest BCUT2D eigenvalue weighted by atomic mass is 32.1. The molecule has 0 fully saturated rings. The van der Waals surface area contributed by atoms with Crippen molar-refractivity contribution in [2.75, 3.05) is 0 Å². The highest BCUT2D eigenvalue weighted by Crippen LogP contribution is 2.15. The van der Waals surface area contributed by atoms with Crippen molar-refractivity contribution in [2.45, 2.75) is 33.2 Å². The molecule has 0 saturated carbocycles. The van der Waals surface area contributed by atoms with Gasteiger partial charge in [-0.2, -0.15) is 5.26 Å². The molecular formula is C21H19N5O2S. The van der Waals surface area contributed by atoms with Crippen LogP contribution in [0.4, 0.5) is 0 Å². The first kappa shape index (κ1) is 20.3. The van der Waals surface area contributed by atoms with Gasteiger partial charge in [-0.1, -0.05) is 6.07 Å². The van der Waals surface area contributed by atoms with Crippen LogP contribution in [-0.2, 0) is 13.0 Å². The van der Waals surface area contributed by atoms with Crippen LogP contribution in [0.2, 0.25) is 0 Å². The van der Waals surface area contributed by atoms with Gasteiger partial charge in [0.25, 0.3) is 5.91 Å². The number of amides is 1. The predicted molar refractivity (Wildman–Crippen MR) is 109 cm³/mol. The minimum absolute atomic E-state index is 0.0736. The average Bonchev–Trinajstić information content (AvgIpc) is 3.16. The van der Waals surface area contributed by atoms with Crippen LogP contribution in [0.25, 0.3) is 0 Å². The summed E-state index contributed by atoms with van der Waals surface area (Å²) in [7, 11) is 0. The van der Waals surface area contributed by atoms with Crippen LogP contribution in [0.5, 0.6) is 0 Å². The molecule has 3 rings (SSSR count). The summed E-state index contributed by atoms with van der Waals surface area (Å²) >= 11 is 1.58. The molecule has 1 N–H and O–H groups in total. The molecule has 2 heterocycles. The zero-order chi connectivity index (χ0) is 20.8. The fourth-order valence-electron chi connectivity index (χ4n) is 2.70. The summed E-state index contributed by atoms with van der Waals surface area (Å²) in [5.41, 5.74) is 2.32. The van der Waals surface area contributed by atoms with Crippen LogP contribution < -0.4 is 5.32 Å². The predicted octanol–water partition coefficient (Wildman–Crippen LogP) is 3.17. The van der Waals surface area contributed by atoms with E-state index in [2.05, 4.69) is 20.3 Å². The first-order chi connectivity index (χ1) is 14.0. The third kappa shape index (κ3) is 5.30. The van der Waals surface area contributed by atoms with E-state index in [4.69, 9.17) is 5.26 Å². The minimum atomic E-state index is -0.302. The van der Waals surface area contributed by atoms with Crippen molar-refractivity contribution < 1.29 is 9.59 Å². The van der Waals surface area contributed by atoms with Crippen molar-refractivity contribution in [3.8, 4) is 6.07 Å². The summed E-state index contributed by atoms with van der Waals surface area (Å²) in [6.07, 6.45) is 4.22. The highest BCUT2D eigenvalue weighted by Gasteiger charge is 2.13. The Morgan fingerprint density at radius 2 is 2.03 bits per heavy atom. The Hall–Kier alpha value is -3.44. The Balaban J connectivity index is 1.59. The summed E-state index contributed by atoms with van der Waals surface area (Å²) in [4.78, 5) is 38.6. The topological polar surface area (TPSA) is 109 Å². The van der Waals surface area contributed by atoms with Crippen LogP contribution in [0.1, 0.15) is 54.1 Å². The third-order valence-corrected chi connectivity index (χ3v) is 5.24. The van der Waals surface area contributed by atoms with Crippen LogP contribution >= 0.6 is 11.3 Å². The Labute approximate surface area is 172 Å². The molecule has 0 atom stereocenters. The number of rotatable bonds is 7. The summed E-state index contributed by atoms with van der Waals surface area (Å²) in [6, 6.07) is 8.47. The fraction of sp³-hybridized carbons (Fsp3) is 0.238. The molecule has 2 aromatic heterocycles. The molecule has 0 saturated heterocycles. The Kier molecular flexibility index (Phi) is 6.42. The van der Waals surface area contributed by atoms with Gasteiger partial charge in [0.1, 0.15) is 5.69 Å². The van der Waals surface area contributed by atoms with Crippen LogP contribution in [0.15, 0.2) is 36.7 Å². The van der Waals surface area contributed by atoms with Crippen LogP contribution in [0.3, 0.4) is 0 Å². The van der Waals surface area contributed by atoms with Crippen molar-refractivity contribution in [3.63, 3.8) is 0 Å². The van der Waals surface area contributed by atoms with E-state index in [1.807, 2.05) is 13.0 Å². The van der Waals surface area contributed by atoms with E-state index in [0.29, 0.717) is 41.1 Å². The Morgan fingerprint density at radius 3 is 2.72 bits per heavy atom. The number of carbonyl (C=O) groups excluding carboxylic acids is 2. The number of aromatic nitrogens is 3. The van der Waals surface area contributed by atoms with Crippen molar-refractivity contribution in [1.29, 1.82) is 5.26 Å². The van der Waals surface area contributed by atoms with E-state index in [-0.39, 0.29) is 18.2 Å². The molecule has 0 bridgehead atoms. The maximum absolute atomic E-state index is 12.4. The van der Waals surface area contributed by atoms with Crippen LogP contribution in [-0.4, -0.2) is 26.6 Å². The molecule has 0 aliphatic rings. The van der Waals surface area contributed by atoms with Crippen molar-refractivity contribution in [1.82, 2.24) is 20.3 Å². The summed E-state index contributed by atoms with van der Waals surface area (Å²) in [5.74, 6) is -0.376. The molecule has 1 amide bonds. The number of thiazole rings is 1. The van der Waals surface area contributed by atoms with Crippen molar-refractivity contribution in [3.05, 3.63) is 74.8 Å². The second kappa shape index (κ2) is 9.17. The number of carbonyl (C=O) groups is 2. The quantitative estimate of drug-likeness (QED) is 0.605. The number of nitriles is 1. The third-order valence-electron chi connectivity index (χ3n) is 4.27. The Bertz CT molecular complexity index is 1100. The molecule has 0 spiro atoms. The van der Waals surface area contributed by atoms with Gasteiger partial charge < -0.3 is 5.32 Å². The number of Topliss-reactive ketones (excluding diaryl/α,β-unsaturated/α-hetero) is 1. The largest absolute Gasteiger partial charge is 0.346 e. The van der Waals surface area contributed by atoms with E-state index >= 15 is 0 Å². The lowest BCUT2D eigenvalue weighted by molar-refractivity contribution is 0.0947. The second-order valence-electron chi connectivity index (χ2n) is 6.43. The van der Waals surface area contributed by atoms with E-state index in [1.165, 1.54) is 12.3 Å². The maximum Gasteiger partial charge on any atom is 0.251 e. The van der Waals surface area contributed by atoms with E-state index in [1.54, 1.807) is 42.7 Å². The van der Waals surface area contributed by atoms with E-state index in [9.17, 15) is 9.59 Å². The van der Waals surface area contributed by atoms with Gasteiger partial charge in [0.2, 0.25) is 0 Å². The van der Waals surface area contributed by atoms with Crippen molar-refractivity contribution in [2.24, 2.45) is 0 Å². The lowest BCUT2D eigenvalue weighted by atomic mass is 10.1. The molecule has 0 unspecified atom stereocenters. The van der Waals surface area contributed by atoms with Crippen molar-refractivity contribution >= 4 is 23.0 Å². The second-order valence-corrected chi connectivity index (χ2v) is 7.75. The number of ketones is 1. The minimum Gasteiger partial charge on any atom is -0.346 e. The lowest BCUT2D eigenvalue weighted by Gasteiger charge is -2.08. The van der Waals surface area contributed by atoms with Gasteiger partial charge >= 0.3 is 0 Å². The first-order valence-electron chi connectivity index (χ1n) is 9.01. The normalized spacial score (nSPS) is 10.4. The van der Waals surface area contributed by atoms with Gasteiger partial charge in [-0.25, -0.2) is 9.97 Å². The highest BCUT2D eigenvalue weighted by molar-refractivity contribution is 7.11. The van der Waals surface area contributed by atoms with Gasteiger partial charge in [-0.15, -0.1) is 11.3 Å². The summed E-state index contributed by atoms with van der Waals surface area (Å²) in [6.45, 7) is 3.87. The number of benzene rings is 1. The molecule has 146 valence electrons. The molecule has 3 aromatic rings. The molecule has 1 aromatic carbocycles.